The highest BCUT2D eigenvalue weighted by molar-refractivity contribution is 6.31. The quantitative estimate of drug-likeness (QED) is 0.878. The van der Waals surface area contributed by atoms with Crippen LogP contribution in [0.3, 0.4) is 0 Å². The van der Waals surface area contributed by atoms with Gasteiger partial charge in [0.25, 0.3) is 11.8 Å². The Kier molecular flexibility index (Phi) is 5.39. The van der Waals surface area contributed by atoms with Gasteiger partial charge in [0.2, 0.25) is 0 Å². The lowest BCUT2D eigenvalue weighted by Gasteiger charge is -2.26. The number of nitrogens with one attached hydrogen (secondary N) is 1. The van der Waals surface area contributed by atoms with Crippen molar-refractivity contribution in [3.05, 3.63) is 64.2 Å². The Bertz CT molecular complexity index is 798. The minimum atomic E-state index is -0.256. The summed E-state index contributed by atoms with van der Waals surface area (Å²) >= 11 is 6.09. The molecular weight excluding hydrogens is 336 g/mol. The van der Waals surface area contributed by atoms with Crippen LogP contribution in [0.5, 0.6) is 0 Å². The van der Waals surface area contributed by atoms with E-state index in [2.05, 4.69) is 5.32 Å². The second-order valence-electron chi connectivity index (χ2n) is 6.35. The summed E-state index contributed by atoms with van der Waals surface area (Å²) < 4.78 is 0. The Morgan fingerprint density at radius 1 is 1.00 bits per heavy atom. The maximum absolute atomic E-state index is 12.6. The molecule has 1 aliphatic rings. The normalized spacial score (nSPS) is 14.2. The fourth-order valence-corrected chi connectivity index (χ4v) is 3.13. The number of anilines is 1. The predicted molar refractivity (Wildman–Crippen MR) is 100 cm³/mol. The SMILES string of the molecule is Cc1ccc(NC(=O)c2cccc(C(=O)N3CCCCC3)c2)cc1Cl. The van der Waals surface area contributed by atoms with Gasteiger partial charge in [-0.1, -0.05) is 23.7 Å². The molecule has 0 atom stereocenters. The summed E-state index contributed by atoms with van der Waals surface area (Å²) in [4.78, 5) is 26.9. The van der Waals surface area contributed by atoms with Gasteiger partial charge in [-0.2, -0.15) is 0 Å². The lowest BCUT2D eigenvalue weighted by molar-refractivity contribution is 0.0724. The fraction of sp³-hybridized carbons (Fsp3) is 0.300. The zero-order valence-electron chi connectivity index (χ0n) is 14.2. The van der Waals surface area contributed by atoms with Crippen LogP contribution in [-0.4, -0.2) is 29.8 Å². The molecule has 4 nitrogen and oxygen atoms in total. The first-order valence-corrected chi connectivity index (χ1v) is 8.89. The van der Waals surface area contributed by atoms with E-state index in [9.17, 15) is 9.59 Å². The van der Waals surface area contributed by atoms with Crippen LogP contribution in [0.1, 0.15) is 45.5 Å². The van der Waals surface area contributed by atoms with E-state index in [0.717, 1.165) is 31.5 Å². The van der Waals surface area contributed by atoms with Gasteiger partial charge in [-0.25, -0.2) is 0 Å². The highest BCUT2D eigenvalue weighted by Crippen LogP contribution is 2.21. The molecule has 1 fully saturated rings. The molecule has 1 heterocycles. The number of rotatable bonds is 3. The number of carbonyl (C=O) groups is 2. The lowest BCUT2D eigenvalue weighted by Crippen LogP contribution is -2.35. The van der Waals surface area contributed by atoms with Crippen molar-refractivity contribution in [3.8, 4) is 0 Å². The van der Waals surface area contributed by atoms with Crippen molar-refractivity contribution in [2.24, 2.45) is 0 Å². The Morgan fingerprint density at radius 2 is 1.72 bits per heavy atom. The summed E-state index contributed by atoms with van der Waals surface area (Å²) in [6.07, 6.45) is 3.26. The van der Waals surface area contributed by atoms with E-state index in [0.29, 0.717) is 21.8 Å². The second kappa shape index (κ2) is 7.70. The molecule has 2 aromatic rings. The van der Waals surface area contributed by atoms with Gasteiger partial charge in [0.1, 0.15) is 0 Å². The molecule has 5 heteroatoms. The molecule has 0 unspecified atom stereocenters. The van der Waals surface area contributed by atoms with Crippen molar-refractivity contribution < 1.29 is 9.59 Å². The molecule has 1 saturated heterocycles. The molecular formula is C20H21ClN2O2. The molecule has 0 saturated carbocycles. The summed E-state index contributed by atoms with van der Waals surface area (Å²) in [5.41, 5.74) is 2.60. The maximum Gasteiger partial charge on any atom is 0.255 e. The van der Waals surface area contributed by atoms with Crippen LogP contribution in [0.25, 0.3) is 0 Å². The number of halogens is 1. The predicted octanol–water partition coefficient (Wildman–Crippen LogP) is 4.53. The van der Waals surface area contributed by atoms with Crippen LogP contribution in [0.15, 0.2) is 42.5 Å². The number of hydrogen-bond acceptors (Lipinski definition) is 2. The van der Waals surface area contributed by atoms with E-state index in [1.807, 2.05) is 24.0 Å². The van der Waals surface area contributed by atoms with Gasteiger partial charge in [0.15, 0.2) is 0 Å². The maximum atomic E-state index is 12.6. The van der Waals surface area contributed by atoms with Crippen LogP contribution < -0.4 is 5.32 Å². The number of likely N-dealkylation sites (tertiary alicyclic amines) is 1. The molecule has 1 N–H and O–H groups in total. The number of aryl methyl sites for hydroxylation is 1. The molecule has 130 valence electrons. The van der Waals surface area contributed by atoms with Gasteiger partial charge in [-0.3, -0.25) is 9.59 Å². The van der Waals surface area contributed by atoms with Gasteiger partial charge < -0.3 is 10.2 Å². The molecule has 0 aromatic heterocycles. The molecule has 0 bridgehead atoms. The molecule has 0 radical (unpaired) electrons. The molecule has 1 aliphatic heterocycles. The Morgan fingerprint density at radius 3 is 2.44 bits per heavy atom. The third kappa shape index (κ3) is 4.20. The number of hydrogen-bond donors (Lipinski definition) is 1. The highest BCUT2D eigenvalue weighted by atomic mass is 35.5. The number of carbonyl (C=O) groups excluding carboxylic acids is 2. The Labute approximate surface area is 152 Å². The number of benzene rings is 2. The van der Waals surface area contributed by atoms with Crippen molar-refractivity contribution in [3.63, 3.8) is 0 Å². The zero-order chi connectivity index (χ0) is 17.8. The lowest BCUT2D eigenvalue weighted by atomic mass is 10.1. The average Bonchev–Trinajstić information content (AvgIpc) is 2.65. The van der Waals surface area contributed by atoms with Crippen molar-refractivity contribution in [2.45, 2.75) is 26.2 Å². The first-order valence-electron chi connectivity index (χ1n) is 8.51. The Balaban J connectivity index is 1.74. The minimum absolute atomic E-state index is 0.00673. The first-order chi connectivity index (χ1) is 12.0. The smallest absolute Gasteiger partial charge is 0.255 e. The van der Waals surface area contributed by atoms with E-state index in [4.69, 9.17) is 11.6 Å². The third-order valence-electron chi connectivity index (χ3n) is 4.44. The zero-order valence-corrected chi connectivity index (χ0v) is 15.0. The van der Waals surface area contributed by atoms with Crippen LogP contribution in [-0.2, 0) is 0 Å². The van der Waals surface area contributed by atoms with Crippen LogP contribution in [0, 0.1) is 6.92 Å². The monoisotopic (exact) mass is 356 g/mol. The highest BCUT2D eigenvalue weighted by Gasteiger charge is 2.19. The summed E-state index contributed by atoms with van der Waals surface area (Å²) in [6, 6.07) is 12.2. The third-order valence-corrected chi connectivity index (χ3v) is 4.85. The second-order valence-corrected chi connectivity index (χ2v) is 6.76. The van der Waals surface area contributed by atoms with E-state index >= 15 is 0 Å². The Hall–Kier alpha value is -2.33. The van der Waals surface area contributed by atoms with Crippen molar-refractivity contribution in [1.29, 1.82) is 0 Å². The average molecular weight is 357 g/mol. The molecule has 0 aliphatic carbocycles. The fourth-order valence-electron chi connectivity index (χ4n) is 2.95. The van der Waals surface area contributed by atoms with E-state index in [1.54, 1.807) is 30.3 Å². The standard InChI is InChI=1S/C20H21ClN2O2/c1-14-8-9-17(13-18(14)21)22-19(24)15-6-5-7-16(12-15)20(25)23-10-3-2-4-11-23/h5-9,12-13H,2-4,10-11H2,1H3,(H,22,24). The molecule has 25 heavy (non-hydrogen) atoms. The van der Waals surface area contributed by atoms with Gasteiger partial charge in [0, 0.05) is 34.9 Å². The number of piperidine rings is 1. The van der Waals surface area contributed by atoms with E-state index < -0.39 is 0 Å². The topological polar surface area (TPSA) is 49.4 Å². The van der Waals surface area contributed by atoms with Gasteiger partial charge >= 0.3 is 0 Å². The largest absolute Gasteiger partial charge is 0.339 e. The molecule has 3 rings (SSSR count). The van der Waals surface area contributed by atoms with Crippen LogP contribution in [0.2, 0.25) is 5.02 Å². The summed E-state index contributed by atoms with van der Waals surface area (Å²) in [7, 11) is 0. The first kappa shape index (κ1) is 17.5. The number of nitrogens with zero attached hydrogens (tertiary/aromatic N) is 1. The van der Waals surface area contributed by atoms with Crippen molar-refractivity contribution in [2.75, 3.05) is 18.4 Å². The molecule has 2 aromatic carbocycles. The van der Waals surface area contributed by atoms with Crippen LogP contribution >= 0.6 is 11.6 Å². The summed E-state index contributed by atoms with van der Waals surface area (Å²) in [5.74, 6) is -0.263. The van der Waals surface area contributed by atoms with Gasteiger partial charge in [-0.15, -0.1) is 0 Å². The summed E-state index contributed by atoms with van der Waals surface area (Å²) in [6.45, 7) is 3.48. The summed E-state index contributed by atoms with van der Waals surface area (Å²) in [5, 5.41) is 3.43. The molecule has 2 amide bonds. The molecule has 0 spiro atoms. The van der Waals surface area contributed by atoms with Crippen molar-refractivity contribution >= 4 is 29.1 Å². The minimum Gasteiger partial charge on any atom is -0.339 e. The van der Waals surface area contributed by atoms with Gasteiger partial charge in [0.05, 0.1) is 0 Å². The number of amides is 2. The van der Waals surface area contributed by atoms with Gasteiger partial charge in [-0.05, 0) is 62.1 Å². The van der Waals surface area contributed by atoms with Crippen molar-refractivity contribution in [1.82, 2.24) is 4.90 Å². The van der Waals surface area contributed by atoms with Crippen LogP contribution in [0.4, 0.5) is 5.69 Å². The van der Waals surface area contributed by atoms with E-state index in [1.165, 1.54) is 6.42 Å². The van der Waals surface area contributed by atoms with E-state index in [-0.39, 0.29) is 11.8 Å².